The summed E-state index contributed by atoms with van der Waals surface area (Å²) in [6.07, 6.45) is 4.90. The number of aliphatic hydroxyl groups is 1. The molecule has 1 aromatic carbocycles. The second-order valence-electron chi connectivity index (χ2n) is 11.2. The zero-order valence-electron chi connectivity index (χ0n) is 22.1. The van der Waals surface area contributed by atoms with Crippen molar-refractivity contribution in [2.45, 2.75) is 61.7 Å². The topological polar surface area (TPSA) is 81.2 Å². The van der Waals surface area contributed by atoms with Crippen LogP contribution in [-0.2, 0) is 20.9 Å². The van der Waals surface area contributed by atoms with Crippen molar-refractivity contribution < 1.29 is 19.5 Å². The van der Waals surface area contributed by atoms with Crippen molar-refractivity contribution in [3.63, 3.8) is 0 Å². The van der Waals surface area contributed by atoms with E-state index in [1.807, 2.05) is 51.1 Å². The lowest BCUT2D eigenvalue weighted by Crippen LogP contribution is -2.59. The van der Waals surface area contributed by atoms with Gasteiger partial charge in [-0.3, -0.25) is 14.4 Å². The van der Waals surface area contributed by atoms with Crippen LogP contribution in [0.25, 0.3) is 0 Å². The molecule has 3 heterocycles. The van der Waals surface area contributed by atoms with Gasteiger partial charge in [-0.25, -0.2) is 0 Å². The molecule has 7 nitrogen and oxygen atoms in total. The van der Waals surface area contributed by atoms with Crippen molar-refractivity contribution in [3.8, 4) is 0 Å². The fourth-order valence-corrected chi connectivity index (χ4v) is 8.64. The van der Waals surface area contributed by atoms with Gasteiger partial charge in [0.2, 0.25) is 17.7 Å². The molecule has 4 rings (SSSR count). The third-order valence-electron chi connectivity index (χ3n) is 7.92. The largest absolute Gasteiger partial charge is 0.395 e. The average Bonchev–Trinajstić information content (AvgIpc) is 3.49. The van der Waals surface area contributed by atoms with Gasteiger partial charge in [0.05, 0.1) is 23.2 Å². The van der Waals surface area contributed by atoms with Gasteiger partial charge in [-0.15, -0.1) is 24.9 Å². The summed E-state index contributed by atoms with van der Waals surface area (Å²) in [6.45, 7) is 14.6. The van der Waals surface area contributed by atoms with Gasteiger partial charge in [-0.2, -0.15) is 0 Å². The molecule has 1 spiro atoms. The number of fused-ring (bicyclic) bond motifs is 1. The number of rotatable bonds is 10. The fraction of sp³-hybridized carbons (Fsp3) is 0.552. The van der Waals surface area contributed by atoms with Crippen LogP contribution in [0.2, 0.25) is 0 Å². The minimum Gasteiger partial charge on any atom is -0.395 e. The normalized spacial score (nSPS) is 28.2. The second-order valence-corrected chi connectivity index (χ2v) is 12.8. The molecule has 0 saturated carbocycles. The molecule has 200 valence electrons. The van der Waals surface area contributed by atoms with Gasteiger partial charge in [-0.05, 0) is 39.2 Å². The number of nitrogens with zero attached hydrogens (tertiary/aromatic N) is 3. The Bertz CT molecular complexity index is 1050. The monoisotopic (exact) mass is 525 g/mol. The Morgan fingerprint density at radius 2 is 1.84 bits per heavy atom. The Morgan fingerprint density at radius 1 is 1.16 bits per heavy atom. The molecule has 5 atom stereocenters. The summed E-state index contributed by atoms with van der Waals surface area (Å²) in [5, 5.41) is 9.83. The van der Waals surface area contributed by atoms with Crippen molar-refractivity contribution in [3.05, 3.63) is 61.2 Å². The molecule has 2 bridgehead atoms. The highest BCUT2D eigenvalue weighted by Gasteiger charge is 2.74. The van der Waals surface area contributed by atoms with Crippen LogP contribution in [-0.4, -0.2) is 85.3 Å². The maximum Gasteiger partial charge on any atom is 0.247 e. The maximum atomic E-state index is 14.2. The van der Waals surface area contributed by atoms with E-state index in [9.17, 15) is 19.5 Å². The first-order valence-electron chi connectivity index (χ1n) is 13.1. The lowest BCUT2D eigenvalue weighted by molar-refractivity contribution is -0.146. The van der Waals surface area contributed by atoms with Gasteiger partial charge in [0.25, 0.3) is 0 Å². The molecule has 3 saturated heterocycles. The Labute approximate surface area is 224 Å². The zero-order valence-corrected chi connectivity index (χ0v) is 23.0. The molecule has 2 unspecified atom stereocenters. The number of amides is 3. The summed E-state index contributed by atoms with van der Waals surface area (Å²) < 4.78 is -0.675. The number of hydrogen-bond acceptors (Lipinski definition) is 5. The molecule has 3 aliphatic heterocycles. The average molecular weight is 526 g/mol. The van der Waals surface area contributed by atoms with E-state index >= 15 is 0 Å². The third kappa shape index (κ3) is 4.74. The number of hydrogen-bond donors (Lipinski definition) is 1. The zero-order chi connectivity index (χ0) is 27.0. The summed E-state index contributed by atoms with van der Waals surface area (Å²) in [5.74, 6) is -1.47. The van der Waals surface area contributed by atoms with Crippen molar-refractivity contribution >= 4 is 29.5 Å². The number of thioether (sulfide) groups is 1. The lowest BCUT2D eigenvalue weighted by Gasteiger charge is -2.42. The molecule has 0 aliphatic carbocycles. The van der Waals surface area contributed by atoms with E-state index in [2.05, 4.69) is 13.2 Å². The summed E-state index contributed by atoms with van der Waals surface area (Å²) >= 11 is 1.65. The van der Waals surface area contributed by atoms with Crippen LogP contribution in [0.15, 0.2) is 55.6 Å². The van der Waals surface area contributed by atoms with Crippen LogP contribution in [0, 0.1) is 11.8 Å². The fourth-order valence-electron chi connectivity index (χ4n) is 6.44. The van der Waals surface area contributed by atoms with Crippen molar-refractivity contribution in [2.24, 2.45) is 11.8 Å². The number of carbonyl (C=O) groups is 3. The smallest absolute Gasteiger partial charge is 0.247 e. The minimum atomic E-state index is -0.717. The van der Waals surface area contributed by atoms with Crippen LogP contribution >= 0.6 is 11.8 Å². The number of carbonyl (C=O) groups excluding carboxylic acids is 3. The molecule has 3 fully saturated rings. The molecule has 1 aromatic rings. The van der Waals surface area contributed by atoms with E-state index in [-0.39, 0.29) is 36.1 Å². The molecule has 1 N–H and O–H groups in total. The van der Waals surface area contributed by atoms with E-state index in [0.717, 1.165) is 12.0 Å². The van der Waals surface area contributed by atoms with Gasteiger partial charge in [-0.1, -0.05) is 42.5 Å². The molecular weight excluding hydrogens is 486 g/mol. The van der Waals surface area contributed by atoms with Crippen LogP contribution in [0.4, 0.5) is 0 Å². The van der Waals surface area contributed by atoms with E-state index in [4.69, 9.17) is 0 Å². The van der Waals surface area contributed by atoms with E-state index in [1.165, 1.54) is 0 Å². The van der Waals surface area contributed by atoms with Gasteiger partial charge in [0.15, 0.2) is 0 Å². The predicted molar refractivity (Wildman–Crippen MR) is 147 cm³/mol. The number of benzene rings is 1. The summed E-state index contributed by atoms with van der Waals surface area (Å²) in [4.78, 5) is 47.3. The summed E-state index contributed by atoms with van der Waals surface area (Å²) in [7, 11) is 0. The van der Waals surface area contributed by atoms with Crippen LogP contribution in [0.1, 0.15) is 39.2 Å². The molecule has 8 heteroatoms. The Kier molecular flexibility index (Phi) is 7.91. The van der Waals surface area contributed by atoms with Crippen molar-refractivity contribution in [2.75, 3.05) is 26.2 Å². The molecule has 37 heavy (non-hydrogen) atoms. The molecule has 3 aliphatic rings. The first kappa shape index (κ1) is 27.5. The summed E-state index contributed by atoms with van der Waals surface area (Å²) in [5.41, 5.74) is 0.544. The lowest BCUT2D eigenvalue weighted by atomic mass is 9.70. The molecular formula is C29H39N3O4S. The van der Waals surface area contributed by atoms with Gasteiger partial charge in [0, 0.05) is 37.0 Å². The van der Waals surface area contributed by atoms with Gasteiger partial charge < -0.3 is 19.8 Å². The Hall–Kier alpha value is -2.58. The standard InChI is InChI=1S/C29H39N3O4S/c1-6-15-30(19-20-11-9-8-10-12-20)25(34)22-21-13-14-29(37-21)23(22)26(35)31(17-18-33)24(29)27(36)32(16-7-2)28(3,4)5/h6-12,21-24,33H,1-2,13-19H2,3-5H3/t21-,22+,23+,24?,29?/m1/s1. The van der Waals surface area contributed by atoms with Crippen LogP contribution < -0.4 is 0 Å². The van der Waals surface area contributed by atoms with Crippen LogP contribution in [0.5, 0.6) is 0 Å². The van der Waals surface area contributed by atoms with E-state index < -0.39 is 28.2 Å². The first-order valence-corrected chi connectivity index (χ1v) is 13.9. The van der Waals surface area contributed by atoms with Gasteiger partial charge in [0.1, 0.15) is 6.04 Å². The van der Waals surface area contributed by atoms with Crippen molar-refractivity contribution in [1.82, 2.24) is 14.7 Å². The predicted octanol–water partition coefficient (Wildman–Crippen LogP) is 3.10. The molecule has 3 amide bonds. The number of likely N-dealkylation sites (tertiary alicyclic amines) is 1. The van der Waals surface area contributed by atoms with Crippen molar-refractivity contribution in [1.29, 1.82) is 0 Å². The molecule has 0 aromatic heterocycles. The Morgan fingerprint density at radius 3 is 2.43 bits per heavy atom. The summed E-state index contributed by atoms with van der Waals surface area (Å²) in [6, 6.07) is 9.09. The third-order valence-corrected chi connectivity index (χ3v) is 9.88. The number of β-amino-alcohol motifs (C(OH)–C–C–N with tert-alkyl or cyclic N) is 1. The van der Waals surface area contributed by atoms with E-state index in [0.29, 0.717) is 26.1 Å². The van der Waals surface area contributed by atoms with Gasteiger partial charge >= 0.3 is 0 Å². The maximum absolute atomic E-state index is 14.2. The number of aliphatic hydroxyl groups excluding tert-OH is 1. The van der Waals surface area contributed by atoms with Crippen LogP contribution in [0.3, 0.4) is 0 Å². The molecule has 0 radical (unpaired) electrons. The van der Waals surface area contributed by atoms with E-state index in [1.54, 1.807) is 38.6 Å². The highest BCUT2D eigenvalue weighted by atomic mass is 32.2. The second kappa shape index (κ2) is 10.7. The Balaban J connectivity index is 1.71. The quantitative estimate of drug-likeness (QED) is 0.475. The highest BCUT2D eigenvalue weighted by molar-refractivity contribution is 8.02. The SMILES string of the molecule is C=CCN(Cc1ccccc1)C(=O)[C@@H]1[C@H]2C(=O)N(CCO)C(C(=O)N(CC=C)C(C)(C)C)C23CC[C@H]1S3. The first-order chi connectivity index (χ1) is 17.6. The minimum absolute atomic E-state index is 0.0152. The highest BCUT2D eigenvalue weighted by Crippen LogP contribution is 2.66.